The molecule has 0 saturated carbocycles. The Morgan fingerprint density at radius 3 is 2.34 bits per heavy atom. The van der Waals surface area contributed by atoms with Crippen molar-refractivity contribution in [2.45, 2.75) is 20.0 Å². The lowest BCUT2D eigenvalue weighted by molar-refractivity contribution is -0.120. The summed E-state index contributed by atoms with van der Waals surface area (Å²) in [5.41, 5.74) is 1.07. The zero-order chi connectivity index (χ0) is 21.1. The van der Waals surface area contributed by atoms with Gasteiger partial charge in [-0.25, -0.2) is 9.29 Å². The van der Waals surface area contributed by atoms with Crippen molar-refractivity contribution >= 4 is 23.1 Å². The fourth-order valence-corrected chi connectivity index (χ4v) is 3.23. The summed E-state index contributed by atoms with van der Waals surface area (Å²) in [7, 11) is 1.63. The van der Waals surface area contributed by atoms with Gasteiger partial charge >= 0.3 is 0 Å². The number of hydrogen-bond donors (Lipinski definition) is 1. The lowest BCUT2D eigenvalue weighted by Gasteiger charge is -2.22. The standard InChI is InChI=1S/C22H23FN2O4/c1-14(2)29-18-7-5-4-6-17(18)25-21(27)19(15-8-10-16(23)11-9-15)20(22(25)28)24(3)12-13-26/h4-11,14,26H,12-13H2,1-3H3. The molecule has 0 spiro atoms. The predicted octanol–water partition coefficient (Wildman–Crippen LogP) is 2.82. The summed E-state index contributed by atoms with van der Waals surface area (Å²) in [6.45, 7) is 3.68. The van der Waals surface area contributed by atoms with Gasteiger partial charge in [0.1, 0.15) is 17.3 Å². The van der Waals surface area contributed by atoms with Gasteiger partial charge in [-0.3, -0.25) is 9.59 Å². The fourth-order valence-electron chi connectivity index (χ4n) is 3.23. The highest BCUT2D eigenvalue weighted by Gasteiger charge is 2.42. The van der Waals surface area contributed by atoms with E-state index in [1.54, 1.807) is 31.3 Å². The molecule has 0 saturated heterocycles. The molecule has 29 heavy (non-hydrogen) atoms. The molecule has 0 atom stereocenters. The number of carbonyl (C=O) groups is 2. The number of imide groups is 1. The van der Waals surface area contributed by atoms with Gasteiger partial charge in [-0.1, -0.05) is 24.3 Å². The molecular formula is C22H23FN2O4. The molecule has 152 valence electrons. The van der Waals surface area contributed by atoms with Crippen LogP contribution < -0.4 is 9.64 Å². The van der Waals surface area contributed by atoms with Gasteiger partial charge in [0.25, 0.3) is 11.8 Å². The Labute approximate surface area is 168 Å². The van der Waals surface area contributed by atoms with E-state index in [2.05, 4.69) is 0 Å². The van der Waals surface area contributed by atoms with Crippen molar-refractivity contribution in [2.75, 3.05) is 25.1 Å². The number of halogens is 1. The fraction of sp³-hybridized carbons (Fsp3) is 0.273. The third-order valence-corrected chi connectivity index (χ3v) is 4.48. The average Bonchev–Trinajstić information content (AvgIpc) is 2.93. The number of benzene rings is 2. The molecule has 0 fully saturated rings. The van der Waals surface area contributed by atoms with Crippen LogP contribution in [0.1, 0.15) is 19.4 Å². The van der Waals surface area contributed by atoms with Gasteiger partial charge in [-0.15, -0.1) is 0 Å². The summed E-state index contributed by atoms with van der Waals surface area (Å²) < 4.78 is 19.2. The second-order valence-electron chi connectivity index (χ2n) is 6.96. The third-order valence-electron chi connectivity index (χ3n) is 4.48. The number of rotatable bonds is 7. The summed E-state index contributed by atoms with van der Waals surface area (Å²) >= 11 is 0. The number of ether oxygens (including phenoxy) is 1. The molecular weight excluding hydrogens is 375 g/mol. The van der Waals surface area contributed by atoms with Crippen LogP contribution in [0.4, 0.5) is 10.1 Å². The molecule has 1 aliphatic heterocycles. The van der Waals surface area contributed by atoms with E-state index in [1.807, 2.05) is 13.8 Å². The SMILES string of the molecule is CC(C)Oc1ccccc1N1C(=O)C(c2ccc(F)cc2)=C(N(C)CCO)C1=O. The Balaban J connectivity index is 2.13. The number of carbonyl (C=O) groups excluding carboxylic acids is 2. The lowest BCUT2D eigenvalue weighted by atomic mass is 10.0. The lowest BCUT2D eigenvalue weighted by Crippen LogP contribution is -2.35. The minimum Gasteiger partial charge on any atom is -0.489 e. The second kappa shape index (κ2) is 8.45. The van der Waals surface area contributed by atoms with Crippen LogP contribution in [0, 0.1) is 5.82 Å². The van der Waals surface area contributed by atoms with Crippen molar-refractivity contribution in [1.82, 2.24) is 4.90 Å². The van der Waals surface area contributed by atoms with E-state index in [-0.39, 0.29) is 30.5 Å². The van der Waals surface area contributed by atoms with Gasteiger partial charge in [0.05, 0.1) is 24.0 Å². The van der Waals surface area contributed by atoms with Gasteiger partial charge in [0, 0.05) is 13.6 Å². The van der Waals surface area contributed by atoms with Gasteiger partial charge in [0.15, 0.2) is 0 Å². The molecule has 3 rings (SSSR count). The molecule has 0 bridgehead atoms. The Morgan fingerprint density at radius 2 is 1.72 bits per heavy atom. The number of aliphatic hydroxyl groups excluding tert-OH is 1. The van der Waals surface area contributed by atoms with Crippen molar-refractivity contribution in [1.29, 1.82) is 0 Å². The minimum atomic E-state index is -0.527. The number of para-hydroxylation sites is 2. The topological polar surface area (TPSA) is 70.1 Å². The maximum absolute atomic E-state index is 13.4. The first kappa shape index (κ1) is 20.5. The highest BCUT2D eigenvalue weighted by Crippen LogP contribution is 2.38. The van der Waals surface area contributed by atoms with Crippen LogP contribution in [-0.2, 0) is 9.59 Å². The van der Waals surface area contributed by atoms with Crippen molar-refractivity contribution in [3.05, 3.63) is 65.6 Å². The largest absolute Gasteiger partial charge is 0.489 e. The Bertz CT molecular complexity index is 954. The van der Waals surface area contributed by atoms with Crippen LogP contribution in [0.2, 0.25) is 0 Å². The first-order valence-electron chi connectivity index (χ1n) is 9.31. The number of likely N-dealkylation sites (N-methyl/N-ethyl adjacent to an activating group) is 1. The third kappa shape index (κ3) is 4.00. The molecule has 1 N–H and O–H groups in total. The van der Waals surface area contributed by atoms with Crippen LogP contribution in [0.15, 0.2) is 54.2 Å². The minimum absolute atomic E-state index is 0.148. The normalized spacial score (nSPS) is 14.2. The summed E-state index contributed by atoms with van der Waals surface area (Å²) in [6.07, 6.45) is -0.148. The van der Waals surface area contributed by atoms with E-state index < -0.39 is 17.6 Å². The monoisotopic (exact) mass is 398 g/mol. The van der Waals surface area contributed by atoms with Crippen LogP contribution >= 0.6 is 0 Å². The van der Waals surface area contributed by atoms with E-state index in [4.69, 9.17) is 4.74 Å². The Hall–Kier alpha value is -3.19. The van der Waals surface area contributed by atoms with Crippen LogP contribution in [0.3, 0.4) is 0 Å². The highest BCUT2D eigenvalue weighted by atomic mass is 19.1. The first-order valence-corrected chi connectivity index (χ1v) is 9.31. The number of nitrogens with zero attached hydrogens (tertiary/aromatic N) is 2. The molecule has 2 aromatic carbocycles. The number of amides is 2. The number of anilines is 1. The molecule has 0 radical (unpaired) electrons. The molecule has 7 heteroatoms. The van der Waals surface area contributed by atoms with E-state index in [0.717, 1.165) is 4.90 Å². The molecule has 2 aromatic rings. The molecule has 1 heterocycles. The van der Waals surface area contributed by atoms with E-state index >= 15 is 0 Å². The quantitative estimate of drug-likeness (QED) is 0.727. The second-order valence-corrected chi connectivity index (χ2v) is 6.96. The molecule has 0 aromatic heterocycles. The maximum Gasteiger partial charge on any atom is 0.282 e. The number of aliphatic hydroxyl groups is 1. The molecule has 0 aliphatic carbocycles. The Kier molecular flexibility index (Phi) is 5.98. The van der Waals surface area contributed by atoms with Crippen molar-refractivity contribution in [2.24, 2.45) is 0 Å². The molecule has 2 amide bonds. The summed E-state index contributed by atoms with van der Waals surface area (Å²) in [6, 6.07) is 12.2. The van der Waals surface area contributed by atoms with Crippen molar-refractivity contribution in [3.8, 4) is 5.75 Å². The van der Waals surface area contributed by atoms with Gasteiger partial charge in [-0.05, 0) is 43.7 Å². The molecule has 0 unspecified atom stereocenters. The van der Waals surface area contributed by atoms with Crippen LogP contribution in [0.5, 0.6) is 5.75 Å². The van der Waals surface area contributed by atoms with Crippen LogP contribution in [0.25, 0.3) is 5.57 Å². The smallest absolute Gasteiger partial charge is 0.282 e. The average molecular weight is 398 g/mol. The predicted molar refractivity (Wildman–Crippen MR) is 108 cm³/mol. The maximum atomic E-state index is 13.4. The summed E-state index contributed by atoms with van der Waals surface area (Å²) in [5, 5.41) is 9.32. The van der Waals surface area contributed by atoms with Crippen molar-refractivity contribution in [3.63, 3.8) is 0 Å². The van der Waals surface area contributed by atoms with E-state index in [1.165, 1.54) is 29.2 Å². The van der Waals surface area contributed by atoms with Crippen LogP contribution in [-0.4, -0.2) is 48.1 Å². The highest BCUT2D eigenvalue weighted by molar-refractivity contribution is 6.45. The van der Waals surface area contributed by atoms with Gasteiger partial charge in [0.2, 0.25) is 0 Å². The zero-order valence-corrected chi connectivity index (χ0v) is 16.6. The van der Waals surface area contributed by atoms with Gasteiger partial charge in [-0.2, -0.15) is 0 Å². The first-order chi connectivity index (χ1) is 13.8. The van der Waals surface area contributed by atoms with E-state index in [0.29, 0.717) is 17.0 Å². The summed E-state index contributed by atoms with van der Waals surface area (Å²) in [4.78, 5) is 29.3. The molecule has 1 aliphatic rings. The number of hydrogen-bond acceptors (Lipinski definition) is 5. The molecule has 6 nitrogen and oxygen atoms in total. The Morgan fingerprint density at radius 1 is 1.07 bits per heavy atom. The van der Waals surface area contributed by atoms with E-state index in [9.17, 15) is 19.1 Å². The van der Waals surface area contributed by atoms with Crippen molar-refractivity contribution < 1.29 is 23.8 Å². The zero-order valence-electron chi connectivity index (χ0n) is 16.6. The van der Waals surface area contributed by atoms with Gasteiger partial charge < -0.3 is 14.7 Å². The summed E-state index contributed by atoms with van der Waals surface area (Å²) in [5.74, 6) is -1.08.